The summed E-state index contributed by atoms with van der Waals surface area (Å²) in [6.07, 6.45) is 3.94. The van der Waals surface area contributed by atoms with E-state index < -0.39 is 10.8 Å². The topological polar surface area (TPSA) is 57.0 Å². The SMILES string of the molecule is CS(=O)c1nncn1CCCOc1cccc(Cl)c1. The summed E-state index contributed by atoms with van der Waals surface area (Å²) in [6.45, 7) is 1.22. The standard InChI is InChI=1S/C12H14ClN3O2S/c1-19(17)12-15-14-9-16(12)6-3-7-18-11-5-2-4-10(13)8-11/h2,4-5,8-9H,3,6-7H2,1H3. The van der Waals surface area contributed by atoms with E-state index in [9.17, 15) is 4.21 Å². The second-order valence-corrected chi connectivity index (χ2v) is 5.63. The Kier molecular flexibility index (Phi) is 4.93. The first-order chi connectivity index (χ1) is 9.16. The quantitative estimate of drug-likeness (QED) is 0.767. The molecule has 5 nitrogen and oxygen atoms in total. The molecule has 102 valence electrons. The highest BCUT2D eigenvalue weighted by Gasteiger charge is 2.07. The molecule has 0 N–H and O–H groups in total. The molecule has 0 aliphatic heterocycles. The summed E-state index contributed by atoms with van der Waals surface area (Å²) >= 11 is 5.86. The van der Waals surface area contributed by atoms with Crippen LogP contribution >= 0.6 is 11.6 Å². The molecule has 19 heavy (non-hydrogen) atoms. The minimum Gasteiger partial charge on any atom is -0.493 e. The average Bonchev–Trinajstić information content (AvgIpc) is 2.83. The maximum Gasteiger partial charge on any atom is 0.221 e. The van der Waals surface area contributed by atoms with Crippen molar-refractivity contribution in [2.75, 3.05) is 12.9 Å². The lowest BCUT2D eigenvalue weighted by molar-refractivity contribution is 0.299. The first-order valence-corrected chi connectivity index (χ1v) is 7.70. The highest BCUT2D eigenvalue weighted by Crippen LogP contribution is 2.17. The highest BCUT2D eigenvalue weighted by molar-refractivity contribution is 7.84. The Balaban J connectivity index is 1.81. The lowest BCUT2D eigenvalue weighted by Crippen LogP contribution is -2.07. The van der Waals surface area contributed by atoms with E-state index in [1.807, 2.05) is 12.1 Å². The Morgan fingerprint density at radius 2 is 2.32 bits per heavy atom. The second kappa shape index (κ2) is 6.68. The van der Waals surface area contributed by atoms with E-state index in [-0.39, 0.29) is 0 Å². The molecule has 2 rings (SSSR count). The fourth-order valence-corrected chi connectivity index (χ4v) is 2.41. The van der Waals surface area contributed by atoms with Gasteiger partial charge in [-0.15, -0.1) is 10.2 Å². The predicted molar refractivity (Wildman–Crippen MR) is 73.9 cm³/mol. The molecule has 1 heterocycles. The first kappa shape index (κ1) is 14.0. The number of rotatable bonds is 6. The predicted octanol–water partition coefficient (Wildman–Crippen LogP) is 2.14. The number of ether oxygens (including phenoxy) is 1. The van der Waals surface area contributed by atoms with Crippen molar-refractivity contribution < 1.29 is 8.95 Å². The van der Waals surface area contributed by atoms with Crippen molar-refractivity contribution in [1.29, 1.82) is 0 Å². The third kappa shape index (κ3) is 4.04. The van der Waals surface area contributed by atoms with Crippen LogP contribution in [0.4, 0.5) is 0 Å². The molecule has 2 aromatic rings. The first-order valence-electron chi connectivity index (χ1n) is 5.76. The molecule has 0 saturated carbocycles. The van der Waals surface area contributed by atoms with Crippen molar-refractivity contribution >= 4 is 22.4 Å². The van der Waals surface area contributed by atoms with Crippen LogP contribution in [0.25, 0.3) is 0 Å². The van der Waals surface area contributed by atoms with Crippen molar-refractivity contribution in [2.45, 2.75) is 18.1 Å². The Morgan fingerprint density at radius 1 is 1.47 bits per heavy atom. The van der Waals surface area contributed by atoms with Crippen LogP contribution < -0.4 is 4.74 Å². The van der Waals surface area contributed by atoms with Crippen LogP contribution in [0.15, 0.2) is 35.7 Å². The number of aromatic nitrogens is 3. The Bertz CT molecular complexity index is 574. The van der Waals surface area contributed by atoms with E-state index in [0.717, 1.165) is 12.2 Å². The van der Waals surface area contributed by atoms with Crippen LogP contribution in [0.3, 0.4) is 0 Å². The number of benzene rings is 1. The fraction of sp³-hybridized carbons (Fsp3) is 0.333. The van der Waals surface area contributed by atoms with Crippen LogP contribution in [0, 0.1) is 0 Å². The molecule has 7 heteroatoms. The highest BCUT2D eigenvalue weighted by atomic mass is 35.5. The average molecular weight is 300 g/mol. The van der Waals surface area contributed by atoms with Gasteiger partial charge < -0.3 is 9.30 Å². The van der Waals surface area contributed by atoms with Gasteiger partial charge in [0.1, 0.15) is 12.1 Å². The smallest absolute Gasteiger partial charge is 0.221 e. The van der Waals surface area contributed by atoms with Gasteiger partial charge in [-0.05, 0) is 24.6 Å². The van der Waals surface area contributed by atoms with Crippen LogP contribution in [0.1, 0.15) is 6.42 Å². The van der Waals surface area contributed by atoms with E-state index >= 15 is 0 Å². The molecule has 0 saturated heterocycles. The van der Waals surface area contributed by atoms with Crippen molar-refractivity contribution in [1.82, 2.24) is 14.8 Å². The number of halogens is 1. The largest absolute Gasteiger partial charge is 0.493 e. The summed E-state index contributed by atoms with van der Waals surface area (Å²) in [5.74, 6) is 0.746. The Morgan fingerprint density at radius 3 is 3.05 bits per heavy atom. The molecule has 1 aromatic heterocycles. The van der Waals surface area contributed by atoms with Crippen molar-refractivity contribution in [3.05, 3.63) is 35.6 Å². The number of hydrogen-bond acceptors (Lipinski definition) is 4. The molecule has 0 aliphatic rings. The van der Waals surface area contributed by atoms with Crippen LogP contribution in [0.2, 0.25) is 5.02 Å². The molecule has 0 aliphatic carbocycles. The molecule has 0 spiro atoms. The van der Waals surface area contributed by atoms with E-state index in [1.165, 1.54) is 0 Å². The lowest BCUT2D eigenvalue weighted by atomic mass is 10.3. The summed E-state index contributed by atoms with van der Waals surface area (Å²) in [7, 11) is -1.12. The van der Waals surface area contributed by atoms with Gasteiger partial charge in [-0.3, -0.25) is 4.21 Å². The molecule has 1 aromatic carbocycles. The van der Waals surface area contributed by atoms with Gasteiger partial charge in [0.25, 0.3) is 0 Å². The van der Waals surface area contributed by atoms with Gasteiger partial charge in [0.05, 0.1) is 17.4 Å². The van der Waals surface area contributed by atoms with Crippen molar-refractivity contribution in [3.8, 4) is 5.75 Å². The van der Waals surface area contributed by atoms with E-state index in [1.54, 1.807) is 29.3 Å². The summed E-state index contributed by atoms with van der Waals surface area (Å²) < 4.78 is 18.7. The Hall–Kier alpha value is -1.40. The van der Waals surface area contributed by atoms with Gasteiger partial charge in [-0.2, -0.15) is 0 Å². The Labute approximate surface area is 119 Å². The third-order valence-electron chi connectivity index (χ3n) is 2.45. The van der Waals surface area contributed by atoms with Crippen LogP contribution in [0.5, 0.6) is 5.75 Å². The fourth-order valence-electron chi connectivity index (χ4n) is 1.60. The minimum absolute atomic E-state index is 0.489. The van der Waals surface area contributed by atoms with E-state index in [2.05, 4.69) is 10.2 Å². The van der Waals surface area contributed by atoms with Gasteiger partial charge in [-0.25, -0.2) is 0 Å². The summed E-state index contributed by atoms with van der Waals surface area (Å²) in [5, 5.41) is 8.71. The van der Waals surface area contributed by atoms with Gasteiger partial charge in [0.15, 0.2) is 0 Å². The molecular formula is C12H14ClN3O2S. The maximum absolute atomic E-state index is 11.4. The van der Waals surface area contributed by atoms with Gasteiger partial charge >= 0.3 is 0 Å². The van der Waals surface area contributed by atoms with Crippen molar-refractivity contribution in [2.24, 2.45) is 0 Å². The summed E-state index contributed by atoms with van der Waals surface area (Å²) in [4.78, 5) is 0. The van der Waals surface area contributed by atoms with Crippen molar-refractivity contribution in [3.63, 3.8) is 0 Å². The molecule has 0 bridgehead atoms. The zero-order chi connectivity index (χ0) is 13.7. The van der Waals surface area contributed by atoms with E-state index in [0.29, 0.717) is 23.3 Å². The van der Waals surface area contributed by atoms with Gasteiger partial charge in [0, 0.05) is 17.8 Å². The molecular weight excluding hydrogens is 286 g/mol. The molecule has 0 amide bonds. The van der Waals surface area contributed by atoms with Gasteiger partial charge in [0.2, 0.25) is 5.16 Å². The summed E-state index contributed by atoms with van der Waals surface area (Å²) in [6, 6.07) is 7.27. The number of hydrogen-bond donors (Lipinski definition) is 0. The second-order valence-electron chi connectivity index (χ2n) is 3.92. The minimum atomic E-state index is -1.12. The van der Waals surface area contributed by atoms with Crippen LogP contribution in [-0.4, -0.2) is 31.8 Å². The molecule has 1 atom stereocenters. The zero-order valence-electron chi connectivity index (χ0n) is 10.5. The number of nitrogens with zero attached hydrogens (tertiary/aromatic N) is 3. The zero-order valence-corrected chi connectivity index (χ0v) is 12.0. The monoisotopic (exact) mass is 299 g/mol. The maximum atomic E-state index is 11.4. The number of aryl methyl sites for hydroxylation is 1. The van der Waals surface area contributed by atoms with Crippen LogP contribution in [-0.2, 0) is 17.3 Å². The normalized spacial score (nSPS) is 12.3. The molecule has 1 unspecified atom stereocenters. The lowest BCUT2D eigenvalue weighted by Gasteiger charge is -2.07. The summed E-state index contributed by atoms with van der Waals surface area (Å²) in [5.41, 5.74) is 0. The van der Waals surface area contributed by atoms with E-state index in [4.69, 9.17) is 16.3 Å². The third-order valence-corrected chi connectivity index (χ3v) is 3.51. The molecule has 0 fully saturated rings. The van der Waals surface area contributed by atoms with Gasteiger partial charge in [-0.1, -0.05) is 17.7 Å². The molecule has 0 radical (unpaired) electrons.